The summed E-state index contributed by atoms with van der Waals surface area (Å²) in [4.78, 5) is 13.6. The molecule has 1 aliphatic rings. The highest BCUT2D eigenvalue weighted by molar-refractivity contribution is 5.86. The normalized spacial score (nSPS) is 18.4. The lowest BCUT2D eigenvalue weighted by atomic mass is 10.1. The van der Waals surface area contributed by atoms with Gasteiger partial charge in [-0.25, -0.2) is 4.79 Å². The molecule has 0 aromatic heterocycles. The van der Waals surface area contributed by atoms with E-state index < -0.39 is 0 Å². The summed E-state index contributed by atoms with van der Waals surface area (Å²) in [5.41, 5.74) is 5.77. The van der Waals surface area contributed by atoms with Crippen molar-refractivity contribution in [1.29, 1.82) is 0 Å². The van der Waals surface area contributed by atoms with Crippen LogP contribution in [0.4, 0.5) is 4.79 Å². The van der Waals surface area contributed by atoms with Crippen molar-refractivity contribution in [2.24, 2.45) is 5.73 Å². The second kappa shape index (κ2) is 5.02. The number of rotatable bonds is 1. The maximum absolute atomic E-state index is 12.0. The Balaban J connectivity index is 1.78. The van der Waals surface area contributed by atoms with Crippen LogP contribution in [0.1, 0.15) is 6.42 Å². The van der Waals surface area contributed by atoms with Gasteiger partial charge in [0, 0.05) is 19.1 Å². The Morgan fingerprint density at radius 1 is 1.25 bits per heavy atom. The van der Waals surface area contributed by atoms with Gasteiger partial charge in [0.25, 0.3) is 0 Å². The average molecular weight is 272 g/mol. The number of phenols is 1. The minimum atomic E-state index is -0.377. The van der Waals surface area contributed by atoms with E-state index in [2.05, 4.69) is 0 Å². The average Bonchev–Trinajstić information content (AvgIpc) is 2.85. The van der Waals surface area contributed by atoms with Gasteiger partial charge in [0.05, 0.1) is 0 Å². The van der Waals surface area contributed by atoms with Crippen LogP contribution in [0.25, 0.3) is 10.8 Å². The van der Waals surface area contributed by atoms with Gasteiger partial charge in [-0.05, 0) is 41.5 Å². The number of likely N-dealkylation sites (tertiary alicyclic amines) is 1. The van der Waals surface area contributed by atoms with E-state index in [4.69, 9.17) is 10.5 Å². The number of fused-ring (bicyclic) bond motifs is 1. The predicted molar refractivity (Wildman–Crippen MR) is 75.8 cm³/mol. The summed E-state index contributed by atoms with van der Waals surface area (Å²) in [6.07, 6.45) is 0.429. The van der Waals surface area contributed by atoms with Gasteiger partial charge < -0.3 is 20.5 Å². The number of nitrogens with zero attached hydrogens (tertiary/aromatic N) is 1. The Kier molecular flexibility index (Phi) is 3.20. The zero-order chi connectivity index (χ0) is 14.1. The Labute approximate surface area is 116 Å². The summed E-state index contributed by atoms with van der Waals surface area (Å²) >= 11 is 0. The molecule has 104 valence electrons. The molecular formula is C15H16N2O3. The SMILES string of the molecule is N[C@@H]1CCN(C(=O)Oc2ccc3ccc(O)cc3c2)C1. The minimum Gasteiger partial charge on any atom is -0.508 e. The summed E-state index contributed by atoms with van der Waals surface area (Å²) in [7, 11) is 0. The van der Waals surface area contributed by atoms with Crippen molar-refractivity contribution in [1.82, 2.24) is 4.90 Å². The molecule has 3 N–H and O–H groups in total. The van der Waals surface area contributed by atoms with Crippen LogP contribution in [-0.4, -0.2) is 35.2 Å². The van der Waals surface area contributed by atoms with E-state index in [0.717, 1.165) is 17.2 Å². The second-order valence-electron chi connectivity index (χ2n) is 5.06. The third-order valence-electron chi connectivity index (χ3n) is 3.48. The largest absolute Gasteiger partial charge is 0.508 e. The molecule has 20 heavy (non-hydrogen) atoms. The number of aromatic hydroxyl groups is 1. The molecule has 1 saturated heterocycles. The lowest BCUT2D eigenvalue weighted by molar-refractivity contribution is 0.162. The molecule has 1 heterocycles. The number of amides is 1. The van der Waals surface area contributed by atoms with Gasteiger partial charge in [0.1, 0.15) is 11.5 Å². The number of ether oxygens (including phenoxy) is 1. The standard InChI is InChI=1S/C15H16N2O3/c16-12-5-6-17(9-12)15(19)20-14-4-2-10-1-3-13(18)7-11(10)8-14/h1-4,7-8,12,18H,5-6,9,16H2/t12-/m1/s1. The summed E-state index contributed by atoms with van der Waals surface area (Å²) in [5.74, 6) is 0.653. The van der Waals surface area contributed by atoms with Crippen molar-refractivity contribution in [3.63, 3.8) is 0 Å². The number of phenolic OH excluding ortho intramolecular Hbond substituents is 1. The van der Waals surface area contributed by atoms with Crippen LogP contribution in [0, 0.1) is 0 Å². The zero-order valence-corrected chi connectivity index (χ0v) is 11.0. The molecule has 0 saturated carbocycles. The number of nitrogens with two attached hydrogens (primary N) is 1. The fraction of sp³-hybridized carbons (Fsp3) is 0.267. The molecule has 1 atom stereocenters. The zero-order valence-electron chi connectivity index (χ0n) is 11.0. The summed E-state index contributed by atoms with van der Waals surface area (Å²) in [5, 5.41) is 11.3. The molecule has 0 spiro atoms. The third-order valence-corrected chi connectivity index (χ3v) is 3.48. The van der Waals surface area contributed by atoms with Gasteiger partial charge in [0.2, 0.25) is 0 Å². The van der Waals surface area contributed by atoms with Gasteiger partial charge >= 0.3 is 6.09 Å². The quantitative estimate of drug-likeness (QED) is 0.833. The Hall–Kier alpha value is -2.27. The van der Waals surface area contributed by atoms with Crippen molar-refractivity contribution >= 4 is 16.9 Å². The van der Waals surface area contributed by atoms with Crippen LogP contribution in [0.5, 0.6) is 11.5 Å². The molecule has 0 unspecified atom stereocenters. The molecule has 2 aromatic carbocycles. The number of carbonyl (C=O) groups is 1. The van der Waals surface area contributed by atoms with Gasteiger partial charge in [-0.15, -0.1) is 0 Å². The number of benzene rings is 2. The van der Waals surface area contributed by atoms with Crippen LogP contribution in [0.15, 0.2) is 36.4 Å². The van der Waals surface area contributed by atoms with Crippen molar-refractivity contribution in [3.8, 4) is 11.5 Å². The first-order chi connectivity index (χ1) is 9.61. The number of carbonyl (C=O) groups excluding carboxylic acids is 1. The molecule has 0 aliphatic carbocycles. The fourth-order valence-corrected chi connectivity index (χ4v) is 2.39. The highest BCUT2D eigenvalue weighted by atomic mass is 16.6. The van der Waals surface area contributed by atoms with Gasteiger partial charge in [-0.3, -0.25) is 0 Å². The topological polar surface area (TPSA) is 75.8 Å². The highest BCUT2D eigenvalue weighted by Crippen LogP contribution is 2.25. The van der Waals surface area contributed by atoms with Crippen molar-refractivity contribution in [2.75, 3.05) is 13.1 Å². The molecule has 3 rings (SSSR count). The van der Waals surface area contributed by atoms with Crippen LogP contribution >= 0.6 is 0 Å². The number of hydrogen-bond acceptors (Lipinski definition) is 4. The minimum absolute atomic E-state index is 0.0381. The molecule has 5 heteroatoms. The van der Waals surface area contributed by atoms with E-state index >= 15 is 0 Å². The molecular weight excluding hydrogens is 256 g/mol. The van der Waals surface area contributed by atoms with E-state index in [-0.39, 0.29) is 17.9 Å². The van der Waals surface area contributed by atoms with Gasteiger partial charge in [-0.1, -0.05) is 12.1 Å². The van der Waals surface area contributed by atoms with Crippen LogP contribution in [0.2, 0.25) is 0 Å². The van der Waals surface area contributed by atoms with Crippen molar-refractivity contribution in [3.05, 3.63) is 36.4 Å². The van der Waals surface area contributed by atoms with Crippen LogP contribution in [0.3, 0.4) is 0 Å². The van der Waals surface area contributed by atoms with Crippen molar-refractivity contribution < 1.29 is 14.6 Å². The molecule has 0 radical (unpaired) electrons. The first-order valence-corrected chi connectivity index (χ1v) is 6.57. The lowest BCUT2D eigenvalue weighted by Gasteiger charge is -2.15. The smallest absolute Gasteiger partial charge is 0.415 e. The van der Waals surface area contributed by atoms with E-state index in [0.29, 0.717) is 18.8 Å². The van der Waals surface area contributed by atoms with E-state index in [9.17, 15) is 9.90 Å². The maximum atomic E-state index is 12.0. The van der Waals surface area contributed by atoms with E-state index in [1.165, 1.54) is 0 Å². The van der Waals surface area contributed by atoms with Gasteiger partial charge in [-0.2, -0.15) is 0 Å². The Morgan fingerprint density at radius 3 is 2.80 bits per heavy atom. The summed E-state index contributed by atoms with van der Waals surface area (Å²) in [6.45, 7) is 1.17. The summed E-state index contributed by atoms with van der Waals surface area (Å²) < 4.78 is 5.34. The molecule has 0 bridgehead atoms. The lowest BCUT2D eigenvalue weighted by Crippen LogP contribution is -2.33. The second-order valence-corrected chi connectivity index (χ2v) is 5.06. The molecule has 1 fully saturated rings. The predicted octanol–water partition coefficient (Wildman–Crippen LogP) is 2.08. The highest BCUT2D eigenvalue weighted by Gasteiger charge is 2.25. The van der Waals surface area contributed by atoms with Crippen molar-refractivity contribution in [2.45, 2.75) is 12.5 Å². The molecule has 1 aliphatic heterocycles. The Bertz CT molecular complexity index is 657. The molecule has 1 amide bonds. The van der Waals surface area contributed by atoms with Crippen LogP contribution in [-0.2, 0) is 0 Å². The number of hydrogen-bond donors (Lipinski definition) is 2. The van der Waals surface area contributed by atoms with E-state index in [1.54, 1.807) is 29.2 Å². The van der Waals surface area contributed by atoms with E-state index in [1.807, 2.05) is 12.1 Å². The van der Waals surface area contributed by atoms with Crippen LogP contribution < -0.4 is 10.5 Å². The summed E-state index contributed by atoms with van der Waals surface area (Å²) in [6, 6.07) is 10.5. The Morgan fingerprint density at radius 2 is 2.05 bits per heavy atom. The maximum Gasteiger partial charge on any atom is 0.415 e. The molecule has 2 aromatic rings. The third kappa shape index (κ3) is 2.53. The first-order valence-electron chi connectivity index (χ1n) is 6.57. The monoisotopic (exact) mass is 272 g/mol. The van der Waals surface area contributed by atoms with Gasteiger partial charge in [0.15, 0.2) is 0 Å². The first kappa shape index (κ1) is 12.7. The fourth-order valence-electron chi connectivity index (χ4n) is 2.39. The molecule has 5 nitrogen and oxygen atoms in total.